The number of halogens is 1. The highest BCUT2D eigenvalue weighted by molar-refractivity contribution is 6.09. The molecule has 2 aromatic heterocycles. The van der Waals surface area contributed by atoms with Gasteiger partial charge >= 0.3 is 0 Å². The lowest BCUT2D eigenvalue weighted by Gasteiger charge is -2.34. The van der Waals surface area contributed by atoms with Crippen molar-refractivity contribution in [2.24, 2.45) is 0 Å². The number of hydrogen-bond acceptors (Lipinski definition) is 4. The fourth-order valence-corrected chi connectivity index (χ4v) is 5.70. The van der Waals surface area contributed by atoms with Crippen LogP contribution >= 0.6 is 0 Å². The van der Waals surface area contributed by atoms with Crippen LogP contribution in [-0.2, 0) is 17.8 Å². The van der Waals surface area contributed by atoms with Crippen LogP contribution in [0.4, 0.5) is 10.2 Å². The molecule has 0 radical (unpaired) electrons. The molecule has 6 nitrogen and oxygen atoms in total. The van der Waals surface area contributed by atoms with Crippen molar-refractivity contribution in [3.63, 3.8) is 0 Å². The van der Waals surface area contributed by atoms with E-state index in [2.05, 4.69) is 39.5 Å². The van der Waals surface area contributed by atoms with E-state index in [1.807, 2.05) is 54.6 Å². The van der Waals surface area contributed by atoms with E-state index in [-0.39, 0.29) is 23.7 Å². The third-order valence-corrected chi connectivity index (χ3v) is 8.04. The topological polar surface area (TPSA) is 70.2 Å². The molecular weight excluding hydrogens is 515 g/mol. The van der Waals surface area contributed by atoms with Gasteiger partial charge < -0.3 is 19.9 Å². The van der Waals surface area contributed by atoms with Gasteiger partial charge in [0.25, 0.3) is 5.91 Å². The van der Waals surface area contributed by atoms with Crippen molar-refractivity contribution in [3.8, 4) is 11.3 Å². The Kier molecular flexibility index (Phi) is 7.53. The summed E-state index contributed by atoms with van der Waals surface area (Å²) >= 11 is 0. The van der Waals surface area contributed by atoms with Gasteiger partial charge in [0.2, 0.25) is 0 Å². The van der Waals surface area contributed by atoms with E-state index in [9.17, 15) is 4.79 Å². The number of carbonyl (C=O) groups is 1. The molecule has 0 spiro atoms. The van der Waals surface area contributed by atoms with Gasteiger partial charge in [0, 0.05) is 50.1 Å². The first-order valence-electron chi connectivity index (χ1n) is 13.9. The lowest BCUT2D eigenvalue weighted by molar-refractivity contribution is 0.0250. The van der Waals surface area contributed by atoms with Crippen molar-refractivity contribution < 1.29 is 13.9 Å². The van der Waals surface area contributed by atoms with Crippen LogP contribution in [0, 0.1) is 5.82 Å². The number of aromatic nitrogens is 2. The van der Waals surface area contributed by atoms with E-state index in [0.717, 1.165) is 24.0 Å². The molecular formula is C34H33FN4O2. The SMILES string of the molecule is CNC(=O)c1cnc(N(Cc2ccccc2)Cc2ccccc2)c2[nH]c(-c3cccc([C@H]4C[C@H](OC)C4)c3F)cc12. The maximum atomic E-state index is 16.0. The van der Waals surface area contributed by atoms with Crippen LogP contribution in [0.2, 0.25) is 0 Å². The van der Waals surface area contributed by atoms with Gasteiger partial charge in [-0.05, 0) is 47.6 Å². The normalized spacial score (nSPS) is 16.4. The quantitative estimate of drug-likeness (QED) is 0.212. The van der Waals surface area contributed by atoms with Crippen molar-refractivity contribution in [3.05, 3.63) is 119 Å². The minimum absolute atomic E-state index is 0.134. The molecule has 1 fully saturated rings. The molecule has 1 amide bonds. The van der Waals surface area contributed by atoms with Crippen LogP contribution in [0.15, 0.2) is 91.1 Å². The molecule has 1 aliphatic rings. The van der Waals surface area contributed by atoms with Crippen molar-refractivity contribution in [2.75, 3.05) is 19.1 Å². The van der Waals surface area contributed by atoms with Crippen molar-refractivity contribution >= 4 is 22.6 Å². The zero-order valence-electron chi connectivity index (χ0n) is 23.2. The highest BCUT2D eigenvalue weighted by Crippen LogP contribution is 2.42. The Balaban J connectivity index is 1.47. The summed E-state index contributed by atoms with van der Waals surface area (Å²) in [6, 6.07) is 27.8. The molecule has 2 N–H and O–H groups in total. The highest BCUT2D eigenvalue weighted by Gasteiger charge is 2.33. The molecule has 6 rings (SSSR count). The second-order valence-electron chi connectivity index (χ2n) is 10.6. The van der Waals surface area contributed by atoms with Gasteiger partial charge in [-0.15, -0.1) is 0 Å². The van der Waals surface area contributed by atoms with Crippen molar-refractivity contribution in [2.45, 2.75) is 38.0 Å². The number of ether oxygens (including phenoxy) is 1. The summed E-state index contributed by atoms with van der Waals surface area (Å²) in [6.45, 7) is 1.22. The molecule has 0 unspecified atom stereocenters. The number of methoxy groups -OCH3 is 1. The first-order chi connectivity index (χ1) is 20.1. The van der Waals surface area contributed by atoms with Crippen LogP contribution < -0.4 is 10.2 Å². The minimum atomic E-state index is -0.244. The number of benzene rings is 3. The maximum Gasteiger partial charge on any atom is 0.253 e. The van der Waals surface area contributed by atoms with Gasteiger partial charge in [0.05, 0.1) is 17.2 Å². The first-order valence-corrected chi connectivity index (χ1v) is 13.9. The van der Waals surface area contributed by atoms with E-state index < -0.39 is 0 Å². The fraction of sp³-hybridized carbons (Fsp3) is 0.235. The van der Waals surface area contributed by atoms with E-state index in [4.69, 9.17) is 9.72 Å². The van der Waals surface area contributed by atoms with Crippen LogP contribution in [0.1, 0.15) is 45.8 Å². The summed E-state index contributed by atoms with van der Waals surface area (Å²) in [4.78, 5) is 23.4. The summed E-state index contributed by atoms with van der Waals surface area (Å²) < 4.78 is 21.4. The number of rotatable bonds is 9. The Morgan fingerprint density at radius 3 is 2.27 bits per heavy atom. The smallest absolute Gasteiger partial charge is 0.253 e. The summed E-state index contributed by atoms with van der Waals surface area (Å²) in [5, 5.41) is 3.42. The van der Waals surface area contributed by atoms with Gasteiger partial charge in [-0.1, -0.05) is 72.8 Å². The van der Waals surface area contributed by atoms with Gasteiger partial charge in [0.1, 0.15) is 5.82 Å². The number of nitrogens with zero attached hydrogens (tertiary/aromatic N) is 2. The molecule has 0 bridgehead atoms. The highest BCUT2D eigenvalue weighted by atomic mass is 19.1. The molecule has 0 saturated heterocycles. The van der Waals surface area contributed by atoms with Gasteiger partial charge in [0.15, 0.2) is 5.82 Å². The summed E-state index contributed by atoms with van der Waals surface area (Å²) in [5.41, 5.74) is 5.19. The number of aromatic amines is 1. The number of pyridine rings is 1. The third kappa shape index (κ3) is 5.33. The zero-order valence-corrected chi connectivity index (χ0v) is 23.2. The number of H-pyrrole nitrogens is 1. The number of fused-ring (bicyclic) bond motifs is 1. The summed E-state index contributed by atoms with van der Waals surface area (Å²) in [7, 11) is 3.30. The molecule has 1 saturated carbocycles. The molecule has 7 heteroatoms. The monoisotopic (exact) mass is 548 g/mol. The van der Waals surface area contributed by atoms with Crippen LogP contribution in [-0.4, -0.2) is 36.1 Å². The average molecular weight is 549 g/mol. The number of amides is 1. The third-order valence-electron chi connectivity index (χ3n) is 8.04. The van der Waals surface area contributed by atoms with Gasteiger partial charge in [-0.25, -0.2) is 9.37 Å². The van der Waals surface area contributed by atoms with Gasteiger partial charge in [-0.3, -0.25) is 4.79 Å². The lowest BCUT2D eigenvalue weighted by Crippen LogP contribution is -2.29. The molecule has 3 aromatic carbocycles. The predicted molar refractivity (Wildman–Crippen MR) is 160 cm³/mol. The lowest BCUT2D eigenvalue weighted by atomic mass is 9.77. The molecule has 41 heavy (non-hydrogen) atoms. The summed E-state index contributed by atoms with van der Waals surface area (Å²) in [6.07, 6.45) is 3.42. The Morgan fingerprint density at radius 2 is 1.66 bits per heavy atom. The molecule has 1 aliphatic carbocycles. The number of anilines is 1. The summed E-state index contributed by atoms with van der Waals surface area (Å²) in [5.74, 6) is 0.354. The Hall–Kier alpha value is -4.49. The largest absolute Gasteiger partial charge is 0.381 e. The number of hydrogen-bond donors (Lipinski definition) is 2. The van der Waals surface area contributed by atoms with Crippen LogP contribution in [0.5, 0.6) is 0 Å². The second kappa shape index (κ2) is 11.6. The molecule has 2 heterocycles. The maximum absolute atomic E-state index is 16.0. The molecule has 5 aromatic rings. The Labute approximate surface area is 239 Å². The van der Waals surface area contributed by atoms with Gasteiger partial charge in [-0.2, -0.15) is 0 Å². The number of carbonyl (C=O) groups excluding carboxylic acids is 1. The minimum Gasteiger partial charge on any atom is -0.381 e. The van der Waals surface area contributed by atoms with E-state index in [1.165, 1.54) is 0 Å². The standard InChI is InChI=1S/C34H33FN4O2/c1-36-34(40)29-19-37-33(39(20-22-10-5-3-6-11-22)21-23-12-7-4-8-13-23)32-28(29)18-30(38-32)27-15-9-14-26(31(27)35)24-16-25(17-24)41-2/h3-15,18-19,24-25,38H,16-17,20-21H2,1-2H3,(H,36,40)/t24-,25-. The van der Waals surface area contributed by atoms with Crippen molar-refractivity contribution in [1.82, 2.24) is 15.3 Å². The molecule has 208 valence electrons. The predicted octanol–water partition coefficient (Wildman–Crippen LogP) is 6.83. The number of nitrogens with one attached hydrogen (secondary N) is 2. The van der Waals surface area contributed by atoms with Crippen LogP contribution in [0.3, 0.4) is 0 Å². The second-order valence-corrected chi connectivity index (χ2v) is 10.6. The molecule has 0 aliphatic heterocycles. The first kappa shape index (κ1) is 26.7. The Bertz CT molecular complexity index is 1620. The molecule has 0 atom stereocenters. The zero-order chi connectivity index (χ0) is 28.3. The fourth-order valence-electron chi connectivity index (χ4n) is 5.70. The Morgan fingerprint density at radius 1 is 1.00 bits per heavy atom. The van der Waals surface area contributed by atoms with E-state index in [0.29, 0.717) is 52.2 Å². The average Bonchev–Trinajstić information content (AvgIpc) is 3.42. The van der Waals surface area contributed by atoms with E-state index >= 15 is 4.39 Å². The van der Waals surface area contributed by atoms with E-state index in [1.54, 1.807) is 26.4 Å². The van der Waals surface area contributed by atoms with Crippen LogP contribution in [0.25, 0.3) is 22.2 Å². The van der Waals surface area contributed by atoms with Crippen molar-refractivity contribution in [1.29, 1.82) is 0 Å².